The number of hydrogen-bond acceptors (Lipinski definition) is 11. The Kier molecular flexibility index (Phi) is 11.4. The number of carbonyl (C=O) groups excluding carboxylic acids is 1. The summed E-state index contributed by atoms with van der Waals surface area (Å²) in [6.45, 7) is 9.39. The molecule has 0 bridgehead atoms. The Bertz CT molecular complexity index is 2150. The van der Waals surface area contributed by atoms with E-state index in [1.807, 2.05) is 69.3 Å². The van der Waals surface area contributed by atoms with Gasteiger partial charge in [-0.15, -0.1) is 11.6 Å². The summed E-state index contributed by atoms with van der Waals surface area (Å²) in [5, 5.41) is 8.38. The minimum Gasteiger partial charge on any atom is -0.491 e. The van der Waals surface area contributed by atoms with E-state index in [1.165, 1.54) is 39.0 Å². The third kappa shape index (κ3) is 8.72. The fraction of sp³-hybridized carbons (Fsp3) is 0.410. The molecule has 3 atom stereocenters. The number of rotatable bonds is 13. The lowest BCUT2D eigenvalue weighted by Crippen LogP contribution is -2.46. The standard InChI is InChI=1S/C39H43ClF2N8O6/c1-38(2,3)35(55-36(51)19-40)20-50-37(52)49(26-45-50)30-7-5-28(6-8-30)46-14-16-47(17-15-46)29-9-11-31(12-10-29)53-21-32-22-54-39(56-32,23-48-25-43-24-44-48)33-13-4-27(41)18-34(33)42/h4-13,18,24-26,32,35H,14-17,19-23H2,1-3H3. The van der Waals surface area contributed by atoms with Crippen LogP contribution in [0.1, 0.15) is 26.3 Å². The van der Waals surface area contributed by atoms with Gasteiger partial charge >= 0.3 is 11.7 Å². The van der Waals surface area contributed by atoms with Crippen molar-refractivity contribution in [2.75, 3.05) is 55.1 Å². The van der Waals surface area contributed by atoms with Crippen LogP contribution in [0.25, 0.3) is 5.69 Å². The number of nitrogens with zero attached hydrogens (tertiary/aromatic N) is 8. The molecule has 14 nitrogen and oxygen atoms in total. The van der Waals surface area contributed by atoms with Gasteiger partial charge in [0.1, 0.15) is 67.6 Å². The number of carbonyl (C=O) groups is 1. The molecule has 2 aliphatic rings. The molecule has 0 spiro atoms. The summed E-state index contributed by atoms with van der Waals surface area (Å²) in [4.78, 5) is 33.7. The summed E-state index contributed by atoms with van der Waals surface area (Å²) in [6.07, 6.45) is 3.19. The molecule has 2 saturated heterocycles. The molecule has 5 aromatic rings. The zero-order valence-electron chi connectivity index (χ0n) is 31.3. The summed E-state index contributed by atoms with van der Waals surface area (Å²) in [7, 11) is 0. The third-order valence-corrected chi connectivity index (χ3v) is 10.1. The number of esters is 1. The topological polar surface area (TPSA) is 131 Å². The van der Waals surface area contributed by atoms with Crippen molar-refractivity contribution in [3.63, 3.8) is 0 Å². The summed E-state index contributed by atoms with van der Waals surface area (Å²) in [5.74, 6) is -3.18. The van der Waals surface area contributed by atoms with E-state index < -0.39 is 41.0 Å². The van der Waals surface area contributed by atoms with Gasteiger partial charge in [0.2, 0.25) is 5.79 Å². The Labute approximate surface area is 327 Å². The molecule has 2 aromatic heterocycles. The molecule has 296 valence electrons. The number of benzene rings is 3. The molecular formula is C39H43ClF2N8O6. The zero-order chi connectivity index (χ0) is 39.5. The minimum absolute atomic E-state index is 0.0177. The lowest BCUT2D eigenvalue weighted by atomic mass is 9.89. The van der Waals surface area contributed by atoms with Crippen LogP contribution in [0.4, 0.5) is 20.2 Å². The van der Waals surface area contributed by atoms with Crippen molar-refractivity contribution in [3.8, 4) is 11.4 Å². The number of anilines is 2. The number of piperazine rings is 1. The molecule has 3 aromatic carbocycles. The van der Waals surface area contributed by atoms with E-state index >= 15 is 0 Å². The Hall–Kier alpha value is -5.32. The molecule has 4 heterocycles. The van der Waals surface area contributed by atoms with Crippen molar-refractivity contribution in [2.45, 2.75) is 51.9 Å². The predicted molar refractivity (Wildman–Crippen MR) is 203 cm³/mol. The molecule has 56 heavy (non-hydrogen) atoms. The second kappa shape index (κ2) is 16.4. The van der Waals surface area contributed by atoms with Gasteiger partial charge in [0.15, 0.2) is 0 Å². The van der Waals surface area contributed by atoms with Crippen LogP contribution < -0.4 is 20.2 Å². The SMILES string of the molecule is CC(C)(C)C(Cn1ncn(-c2ccc(N3CCN(c4ccc(OCC5COC(Cn6cncn6)(c6ccc(F)cc6F)O5)cc4)CC3)cc2)c1=O)OC(=O)CCl. The van der Waals surface area contributed by atoms with E-state index in [0.717, 1.165) is 49.7 Å². The number of aromatic nitrogens is 6. The molecule has 17 heteroatoms. The molecule has 0 radical (unpaired) electrons. The van der Waals surface area contributed by atoms with Crippen molar-refractivity contribution < 1.29 is 32.5 Å². The van der Waals surface area contributed by atoms with Crippen LogP contribution in [-0.2, 0) is 37.9 Å². The first kappa shape index (κ1) is 38.9. The van der Waals surface area contributed by atoms with Gasteiger partial charge < -0.3 is 28.7 Å². The normalized spacial score (nSPS) is 19.3. The molecule has 0 amide bonds. The monoisotopic (exact) mass is 792 g/mol. The highest BCUT2D eigenvalue weighted by Gasteiger charge is 2.46. The smallest absolute Gasteiger partial charge is 0.350 e. The van der Waals surface area contributed by atoms with Crippen LogP contribution in [0.3, 0.4) is 0 Å². The van der Waals surface area contributed by atoms with Gasteiger partial charge in [0.05, 0.1) is 18.8 Å². The zero-order valence-corrected chi connectivity index (χ0v) is 32.0. The second-order valence-corrected chi connectivity index (χ2v) is 15.0. The highest BCUT2D eigenvalue weighted by Crippen LogP contribution is 2.38. The van der Waals surface area contributed by atoms with Crippen LogP contribution in [0.5, 0.6) is 5.75 Å². The highest BCUT2D eigenvalue weighted by molar-refractivity contribution is 6.26. The number of hydrogen-bond donors (Lipinski definition) is 0. The predicted octanol–water partition coefficient (Wildman–Crippen LogP) is 4.77. The molecule has 3 unspecified atom stereocenters. The van der Waals surface area contributed by atoms with Gasteiger partial charge in [-0.1, -0.05) is 20.8 Å². The van der Waals surface area contributed by atoms with E-state index in [9.17, 15) is 18.4 Å². The van der Waals surface area contributed by atoms with E-state index in [1.54, 1.807) is 0 Å². The molecule has 0 N–H and O–H groups in total. The van der Waals surface area contributed by atoms with Crippen LogP contribution in [0.2, 0.25) is 0 Å². The van der Waals surface area contributed by atoms with E-state index in [2.05, 4.69) is 25.0 Å². The van der Waals surface area contributed by atoms with Crippen molar-refractivity contribution in [1.29, 1.82) is 0 Å². The van der Waals surface area contributed by atoms with E-state index in [-0.39, 0.29) is 43.4 Å². The Morgan fingerprint density at radius 1 is 0.946 bits per heavy atom. The Morgan fingerprint density at radius 2 is 1.61 bits per heavy atom. The number of halogens is 3. The first-order valence-electron chi connectivity index (χ1n) is 18.2. The van der Waals surface area contributed by atoms with Crippen LogP contribution >= 0.6 is 11.6 Å². The Morgan fingerprint density at radius 3 is 2.21 bits per heavy atom. The number of ether oxygens (including phenoxy) is 4. The van der Waals surface area contributed by atoms with Gasteiger partial charge in [-0.25, -0.2) is 32.5 Å². The maximum atomic E-state index is 14.9. The van der Waals surface area contributed by atoms with Gasteiger partial charge in [-0.05, 0) is 60.7 Å². The van der Waals surface area contributed by atoms with Crippen LogP contribution in [-0.4, -0.2) is 92.6 Å². The average molecular weight is 793 g/mol. The summed E-state index contributed by atoms with van der Waals surface area (Å²) < 4.78 is 56.7. The lowest BCUT2D eigenvalue weighted by Gasteiger charge is -2.37. The summed E-state index contributed by atoms with van der Waals surface area (Å²) >= 11 is 5.64. The Balaban J connectivity index is 0.911. The van der Waals surface area contributed by atoms with E-state index in [4.69, 9.17) is 30.5 Å². The van der Waals surface area contributed by atoms with Crippen LogP contribution in [0.15, 0.2) is 90.5 Å². The largest absolute Gasteiger partial charge is 0.491 e. The minimum atomic E-state index is -1.53. The average Bonchev–Trinajstić information content (AvgIpc) is 3.95. The quantitative estimate of drug-likeness (QED) is 0.121. The van der Waals surface area contributed by atoms with Gasteiger partial charge in [-0.3, -0.25) is 4.79 Å². The van der Waals surface area contributed by atoms with Crippen molar-refractivity contribution >= 4 is 28.9 Å². The lowest BCUT2D eigenvalue weighted by molar-refractivity contribution is -0.192. The van der Waals surface area contributed by atoms with Crippen molar-refractivity contribution in [2.24, 2.45) is 5.41 Å². The van der Waals surface area contributed by atoms with Gasteiger partial charge in [-0.2, -0.15) is 10.2 Å². The van der Waals surface area contributed by atoms with Gasteiger partial charge in [0, 0.05) is 54.6 Å². The van der Waals surface area contributed by atoms with E-state index in [0.29, 0.717) is 11.4 Å². The van der Waals surface area contributed by atoms with Gasteiger partial charge in [0.25, 0.3) is 0 Å². The molecule has 0 aliphatic carbocycles. The molecular weight excluding hydrogens is 750 g/mol. The first-order valence-corrected chi connectivity index (χ1v) is 18.8. The maximum Gasteiger partial charge on any atom is 0.350 e. The number of alkyl halides is 1. The highest BCUT2D eigenvalue weighted by atomic mass is 35.5. The molecule has 2 fully saturated rings. The van der Waals surface area contributed by atoms with Crippen molar-refractivity contribution in [1.82, 2.24) is 29.1 Å². The molecule has 7 rings (SSSR count). The second-order valence-electron chi connectivity index (χ2n) is 14.8. The fourth-order valence-electron chi connectivity index (χ4n) is 6.75. The first-order chi connectivity index (χ1) is 26.9. The fourth-order valence-corrected chi connectivity index (χ4v) is 6.81. The third-order valence-electron chi connectivity index (χ3n) is 9.87. The van der Waals surface area contributed by atoms with Crippen molar-refractivity contribution in [3.05, 3.63) is 113 Å². The molecule has 2 aliphatic heterocycles. The molecule has 0 saturated carbocycles. The summed E-state index contributed by atoms with van der Waals surface area (Å²) in [6, 6.07) is 18.9. The maximum absolute atomic E-state index is 14.9. The summed E-state index contributed by atoms with van der Waals surface area (Å²) in [5.41, 5.74) is 2.09. The van der Waals surface area contributed by atoms with Crippen LogP contribution in [0, 0.1) is 17.0 Å².